The average molecular weight is 492 g/mol. The SMILES string of the molecule is N=C(N)NCCC[C@H](NO)C(=O)C(=O)c1ccccc1NS(=O)(=O)c1cccc2nsnc12. The molecule has 0 saturated carbocycles. The van der Waals surface area contributed by atoms with Gasteiger partial charge in [-0.05, 0) is 37.1 Å². The molecule has 0 aliphatic carbocycles. The highest BCUT2D eigenvalue weighted by molar-refractivity contribution is 7.93. The maximum atomic E-state index is 13.0. The lowest BCUT2D eigenvalue weighted by atomic mass is 9.98. The first-order chi connectivity index (χ1) is 15.7. The fraction of sp³-hybridized carbons (Fsp3) is 0.211. The third-order valence-electron chi connectivity index (χ3n) is 4.64. The summed E-state index contributed by atoms with van der Waals surface area (Å²) in [5.74, 6) is -2.16. The first-order valence-electron chi connectivity index (χ1n) is 9.63. The molecule has 12 nitrogen and oxygen atoms in total. The Bertz CT molecular complexity index is 1290. The number of Topliss-reactive ketones (excluding diaryl/α,β-unsaturated/α-hetero) is 2. The second-order valence-electron chi connectivity index (χ2n) is 6.90. The molecule has 14 heteroatoms. The molecule has 174 valence electrons. The molecule has 0 radical (unpaired) electrons. The summed E-state index contributed by atoms with van der Waals surface area (Å²) in [6, 6.07) is 8.97. The van der Waals surface area contributed by atoms with E-state index in [0.29, 0.717) is 11.9 Å². The zero-order chi connectivity index (χ0) is 24.0. The summed E-state index contributed by atoms with van der Waals surface area (Å²) in [5, 5.41) is 19.0. The quantitative estimate of drug-likeness (QED) is 0.0558. The minimum absolute atomic E-state index is 0.0775. The first-order valence-corrected chi connectivity index (χ1v) is 11.8. The van der Waals surface area contributed by atoms with Gasteiger partial charge in [0, 0.05) is 12.1 Å². The molecule has 3 aromatic rings. The summed E-state index contributed by atoms with van der Waals surface area (Å²) >= 11 is 0.872. The number of sulfonamides is 1. The Labute approximate surface area is 193 Å². The van der Waals surface area contributed by atoms with Gasteiger partial charge >= 0.3 is 0 Å². The largest absolute Gasteiger partial charge is 0.370 e. The van der Waals surface area contributed by atoms with Crippen molar-refractivity contribution >= 4 is 56.0 Å². The number of ketones is 2. The van der Waals surface area contributed by atoms with Crippen LogP contribution in [-0.4, -0.2) is 52.5 Å². The van der Waals surface area contributed by atoms with Crippen LogP contribution in [0.15, 0.2) is 47.4 Å². The summed E-state index contributed by atoms with van der Waals surface area (Å²) in [4.78, 5) is 25.4. The van der Waals surface area contributed by atoms with Crippen molar-refractivity contribution in [3.8, 4) is 0 Å². The van der Waals surface area contributed by atoms with Gasteiger partial charge in [0.1, 0.15) is 15.9 Å². The molecule has 0 aliphatic heterocycles. The summed E-state index contributed by atoms with van der Waals surface area (Å²) in [6.07, 6.45) is 0.408. The zero-order valence-corrected chi connectivity index (χ0v) is 18.7. The minimum Gasteiger partial charge on any atom is -0.370 e. The van der Waals surface area contributed by atoms with Crippen LogP contribution in [0.1, 0.15) is 23.2 Å². The molecule has 1 atom stereocenters. The molecule has 1 heterocycles. The summed E-state index contributed by atoms with van der Waals surface area (Å²) < 4.78 is 36.4. The Balaban J connectivity index is 1.82. The van der Waals surface area contributed by atoms with Crippen LogP contribution >= 0.6 is 11.7 Å². The molecule has 1 aromatic heterocycles. The number of fused-ring (bicyclic) bond motifs is 1. The number of hydroxylamine groups is 1. The van der Waals surface area contributed by atoms with Crippen molar-refractivity contribution in [2.24, 2.45) is 5.73 Å². The summed E-state index contributed by atoms with van der Waals surface area (Å²) in [5.41, 5.74) is 7.35. The summed E-state index contributed by atoms with van der Waals surface area (Å²) in [6.45, 7) is 0.266. The number of benzene rings is 2. The Morgan fingerprint density at radius 3 is 2.64 bits per heavy atom. The van der Waals surface area contributed by atoms with Crippen molar-refractivity contribution in [1.82, 2.24) is 19.5 Å². The number of rotatable bonds is 11. The number of anilines is 1. The van der Waals surface area contributed by atoms with Crippen LogP contribution in [0.5, 0.6) is 0 Å². The molecule has 0 amide bonds. The van der Waals surface area contributed by atoms with Gasteiger partial charge in [0.05, 0.1) is 23.5 Å². The van der Waals surface area contributed by atoms with Gasteiger partial charge in [-0.1, -0.05) is 18.2 Å². The van der Waals surface area contributed by atoms with Gasteiger partial charge in [0.25, 0.3) is 10.0 Å². The third kappa shape index (κ3) is 5.67. The van der Waals surface area contributed by atoms with E-state index in [0.717, 1.165) is 11.7 Å². The van der Waals surface area contributed by atoms with E-state index in [1.165, 1.54) is 36.4 Å². The van der Waals surface area contributed by atoms with Crippen LogP contribution < -0.4 is 21.3 Å². The molecule has 0 saturated heterocycles. The number of carbonyl (C=O) groups is 2. The average Bonchev–Trinajstić information content (AvgIpc) is 3.27. The van der Waals surface area contributed by atoms with E-state index >= 15 is 0 Å². The predicted octanol–water partition coefficient (Wildman–Crippen LogP) is 0.855. The van der Waals surface area contributed by atoms with Crippen LogP contribution in [0.4, 0.5) is 5.69 Å². The van der Waals surface area contributed by atoms with Gasteiger partial charge in [0.2, 0.25) is 11.6 Å². The predicted molar refractivity (Wildman–Crippen MR) is 122 cm³/mol. The second-order valence-corrected chi connectivity index (χ2v) is 9.08. The molecule has 7 N–H and O–H groups in total. The van der Waals surface area contributed by atoms with E-state index in [4.69, 9.17) is 11.1 Å². The highest BCUT2D eigenvalue weighted by Crippen LogP contribution is 2.25. The van der Waals surface area contributed by atoms with Gasteiger partial charge in [-0.15, -0.1) is 0 Å². The molecule has 0 unspecified atom stereocenters. The number of guanidine groups is 1. The maximum absolute atomic E-state index is 13.0. The Kier molecular flexibility index (Phi) is 7.65. The van der Waals surface area contributed by atoms with Gasteiger partial charge in [-0.3, -0.25) is 19.7 Å². The van der Waals surface area contributed by atoms with Crippen molar-refractivity contribution < 1.29 is 23.2 Å². The van der Waals surface area contributed by atoms with Crippen molar-refractivity contribution in [2.75, 3.05) is 11.3 Å². The molecule has 2 aromatic carbocycles. The van der Waals surface area contributed by atoms with Crippen LogP contribution in [0.3, 0.4) is 0 Å². The Hall–Kier alpha value is -3.46. The van der Waals surface area contributed by atoms with Gasteiger partial charge < -0.3 is 16.3 Å². The first kappa shape index (κ1) is 24.2. The molecular formula is C19H21N7O5S2. The number of nitrogens with zero attached hydrogens (tertiary/aromatic N) is 2. The Morgan fingerprint density at radius 2 is 1.91 bits per heavy atom. The number of hydrogen-bond donors (Lipinski definition) is 6. The van der Waals surface area contributed by atoms with E-state index in [-0.39, 0.29) is 40.6 Å². The second kappa shape index (κ2) is 10.4. The van der Waals surface area contributed by atoms with Crippen molar-refractivity contribution in [3.63, 3.8) is 0 Å². The maximum Gasteiger partial charge on any atom is 0.264 e. The fourth-order valence-corrected chi connectivity index (χ4v) is 4.89. The lowest BCUT2D eigenvalue weighted by Gasteiger charge is -2.15. The highest BCUT2D eigenvalue weighted by atomic mass is 32.2. The standard InChI is InChI=1S/C19H21N7O5S2/c20-19(21)22-10-4-8-14(23-29)18(28)17(27)11-5-1-2-6-12(11)26-33(30,31)15-9-3-7-13-16(15)25-32-24-13/h1-3,5-7,9,14,23,26,29H,4,8,10H2,(H4,20,21,22)/t14-/m0/s1. The van der Waals surface area contributed by atoms with Crippen LogP contribution in [0.2, 0.25) is 0 Å². The van der Waals surface area contributed by atoms with E-state index in [2.05, 4.69) is 18.8 Å². The smallest absolute Gasteiger partial charge is 0.264 e. The van der Waals surface area contributed by atoms with Crippen LogP contribution in [0.25, 0.3) is 11.0 Å². The number of hydrogen-bond acceptors (Lipinski definition) is 10. The van der Waals surface area contributed by atoms with E-state index < -0.39 is 27.6 Å². The molecule has 3 rings (SSSR count). The van der Waals surface area contributed by atoms with E-state index in [1.54, 1.807) is 6.07 Å². The van der Waals surface area contributed by atoms with E-state index in [9.17, 15) is 23.2 Å². The highest BCUT2D eigenvalue weighted by Gasteiger charge is 2.29. The Morgan fingerprint density at radius 1 is 1.15 bits per heavy atom. The lowest BCUT2D eigenvalue weighted by Crippen LogP contribution is -2.40. The molecule has 33 heavy (non-hydrogen) atoms. The molecular weight excluding hydrogens is 470 g/mol. The number of para-hydroxylation sites is 1. The van der Waals surface area contributed by atoms with Crippen LogP contribution in [0, 0.1) is 5.41 Å². The van der Waals surface area contributed by atoms with Gasteiger partial charge in [-0.2, -0.15) is 14.2 Å². The molecule has 0 fully saturated rings. The molecule has 0 bridgehead atoms. The number of nitrogens with one attached hydrogen (secondary N) is 4. The third-order valence-corrected chi connectivity index (χ3v) is 6.58. The van der Waals surface area contributed by atoms with Crippen LogP contribution in [-0.2, 0) is 14.8 Å². The van der Waals surface area contributed by atoms with Gasteiger partial charge in [-0.25, -0.2) is 8.42 Å². The number of aromatic nitrogens is 2. The fourth-order valence-electron chi connectivity index (χ4n) is 3.04. The minimum atomic E-state index is -4.16. The number of nitrogens with two attached hydrogens (primary N) is 1. The van der Waals surface area contributed by atoms with Crippen molar-refractivity contribution in [2.45, 2.75) is 23.8 Å². The van der Waals surface area contributed by atoms with E-state index in [1.807, 2.05) is 5.48 Å². The van der Waals surface area contributed by atoms with Gasteiger partial charge in [0.15, 0.2) is 5.96 Å². The zero-order valence-electron chi connectivity index (χ0n) is 17.1. The number of carbonyl (C=O) groups excluding carboxylic acids is 2. The van der Waals surface area contributed by atoms with Crippen molar-refractivity contribution in [1.29, 1.82) is 5.41 Å². The topological polar surface area (TPSA) is 200 Å². The lowest BCUT2D eigenvalue weighted by molar-refractivity contribution is -0.119. The molecule has 0 spiro atoms. The summed E-state index contributed by atoms with van der Waals surface area (Å²) in [7, 11) is -4.16. The normalized spacial score (nSPS) is 12.3. The monoisotopic (exact) mass is 491 g/mol. The van der Waals surface area contributed by atoms with Crippen molar-refractivity contribution in [3.05, 3.63) is 48.0 Å². The molecule has 0 aliphatic rings.